The maximum Gasteiger partial charge on any atom is 0.491 e. The fourth-order valence-electron chi connectivity index (χ4n) is 3.20. The Morgan fingerprint density at radius 1 is 1.13 bits per heavy atom. The van der Waals surface area contributed by atoms with Crippen molar-refractivity contribution in [2.75, 3.05) is 13.1 Å². The standard InChI is InChI=1S/C21H23F3N2O4S/c1-13-6-8-15(29-13)5-3-2-4-11-25-12-10-14-7-9-16(30-19(27)21(22,23)24)17-18(14)31-20(28)26-17/h6-9,25H,2-5,10-12H2,1H3,(H,26,28). The van der Waals surface area contributed by atoms with E-state index in [9.17, 15) is 22.8 Å². The Kier molecular flexibility index (Phi) is 7.55. The molecule has 0 bridgehead atoms. The van der Waals surface area contributed by atoms with E-state index in [2.05, 4.69) is 15.0 Å². The van der Waals surface area contributed by atoms with Gasteiger partial charge in [0.25, 0.3) is 0 Å². The number of hydrogen-bond donors (Lipinski definition) is 2. The zero-order chi connectivity index (χ0) is 22.4. The van der Waals surface area contributed by atoms with Crippen LogP contribution in [0.15, 0.2) is 33.5 Å². The van der Waals surface area contributed by atoms with Gasteiger partial charge in [0.1, 0.15) is 17.0 Å². The van der Waals surface area contributed by atoms with Gasteiger partial charge >= 0.3 is 17.0 Å². The van der Waals surface area contributed by atoms with Gasteiger partial charge in [-0.15, -0.1) is 0 Å². The van der Waals surface area contributed by atoms with Crippen molar-refractivity contribution in [1.82, 2.24) is 10.3 Å². The lowest BCUT2D eigenvalue weighted by Crippen LogP contribution is -2.28. The van der Waals surface area contributed by atoms with Crippen molar-refractivity contribution in [1.29, 1.82) is 0 Å². The molecule has 0 saturated carbocycles. The maximum atomic E-state index is 12.5. The third kappa shape index (κ3) is 6.44. The molecule has 3 rings (SSSR count). The summed E-state index contributed by atoms with van der Waals surface area (Å²) in [6.07, 6.45) is -0.478. The number of unbranched alkanes of at least 4 members (excludes halogenated alkanes) is 2. The Bertz CT molecular complexity index is 1080. The van der Waals surface area contributed by atoms with Crippen LogP contribution in [0.3, 0.4) is 0 Å². The molecule has 3 aromatic rings. The van der Waals surface area contributed by atoms with Crippen LogP contribution in [-0.4, -0.2) is 30.2 Å². The first-order valence-corrected chi connectivity index (χ1v) is 10.8. The molecule has 0 spiro atoms. The third-order valence-electron chi connectivity index (χ3n) is 4.70. The number of carbonyl (C=O) groups is 1. The number of aryl methyl sites for hydroxylation is 2. The highest BCUT2D eigenvalue weighted by molar-refractivity contribution is 7.16. The number of aromatic nitrogens is 1. The van der Waals surface area contributed by atoms with Gasteiger partial charge in [-0.25, -0.2) is 4.79 Å². The average Bonchev–Trinajstić information content (AvgIpc) is 3.29. The van der Waals surface area contributed by atoms with E-state index in [1.807, 2.05) is 19.1 Å². The zero-order valence-corrected chi connectivity index (χ0v) is 17.8. The Balaban J connectivity index is 1.46. The number of halogens is 3. The fraction of sp³-hybridized carbons (Fsp3) is 0.429. The maximum absolute atomic E-state index is 12.5. The van der Waals surface area contributed by atoms with Crippen molar-refractivity contribution in [2.24, 2.45) is 0 Å². The van der Waals surface area contributed by atoms with Crippen LogP contribution < -0.4 is 14.9 Å². The lowest BCUT2D eigenvalue weighted by Gasteiger charge is -2.10. The second-order valence-corrected chi connectivity index (χ2v) is 8.13. The van der Waals surface area contributed by atoms with Gasteiger partial charge in [0, 0.05) is 6.42 Å². The van der Waals surface area contributed by atoms with Crippen molar-refractivity contribution < 1.29 is 27.1 Å². The summed E-state index contributed by atoms with van der Waals surface area (Å²) < 4.78 is 47.9. The summed E-state index contributed by atoms with van der Waals surface area (Å²) in [5, 5.41) is 3.33. The van der Waals surface area contributed by atoms with Crippen LogP contribution in [0, 0.1) is 6.92 Å². The monoisotopic (exact) mass is 456 g/mol. The number of carbonyl (C=O) groups excluding carboxylic acids is 1. The third-order valence-corrected chi connectivity index (χ3v) is 5.66. The number of esters is 1. The van der Waals surface area contributed by atoms with E-state index in [1.54, 1.807) is 6.07 Å². The van der Waals surface area contributed by atoms with E-state index < -0.39 is 17.0 Å². The predicted molar refractivity (Wildman–Crippen MR) is 112 cm³/mol. The number of rotatable bonds is 10. The van der Waals surface area contributed by atoms with Gasteiger partial charge in [-0.05, 0) is 63.0 Å². The number of furan rings is 1. The number of thiazole rings is 1. The lowest BCUT2D eigenvalue weighted by atomic mass is 10.1. The Hall–Kier alpha value is -2.59. The smallest absolute Gasteiger partial charge is 0.466 e. The molecule has 0 aliphatic heterocycles. The molecule has 0 fully saturated rings. The van der Waals surface area contributed by atoms with Gasteiger partial charge in [0.05, 0.1) is 4.70 Å². The Morgan fingerprint density at radius 3 is 2.65 bits per heavy atom. The molecule has 6 nitrogen and oxygen atoms in total. The molecular formula is C21H23F3N2O4S. The van der Waals surface area contributed by atoms with Crippen LogP contribution in [0.1, 0.15) is 36.3 Å². The SMILES string of the molecule is Cc1ccc(CCCCCNCCc2ccc(OC(=O)C(F)(F)F)c3[nH]c(=O)sc23)o1. The minimum Gasteiger partial charge on any atom is -0.466 e. The molecule has 0 aliphatic carbocycles. The molecule has 0 radical (unpaired) electrons. The van der Waals surface area contributed by atoms with Gasteiger partial charge in [-0.1, -0.05) is 23.8 Å². The summed E-state index contributed by atoms with van der Waals surface area (Å²) in [5.74, 6) is -0.703. The zero-order valence-electron chi connectivity index (χ0n) is 16.9. The molecule has 2 aromatic heterocycles. The van der Waals surface area contributed by atoms with Crippen LogP contribution >= 0.6 is 11.3 Å². The van der Waals surface area contributed by atoms with Crippen LogP contribution in [-0.2, 0) is 17.6 Å². The molecule has 31 heavy (non-hydrogen) atoms. The summed E-state index contributed by atoms with van der Waals surface area (Å²) in [4.78, 5) is 24.9. The van der Waals surface area contributed by atoms with Crippen LogP contribution in [0.2, 0.25) is 0 Å². The van der Waals surface area contributed by atoms with Crippen molar-refractivity contribution >= 4 is 27.5 Å². The summed E-state index contributed by atoms with van der Waals surface area (Å²) in [5.41, 5.74) is 0.907. The molecule has 0 aliphatic rings. The second-order valence-electron chi connectivity index (χ2n) is 7.15. The molecular weight excluding hydrogens is 433 g/mol. The first-order valence-electron chi connectivity index (χ1n) is 9.94. The van der Waals surface area contributed by atoms with Crippen LogP contribution in [0.4, 0.5) is 13.2 Å². The molecule has 0 atom stereocenters. The Labute approximate surface area is 180 Å². The van der Waals surface area contributed by atoms with E-state index in [0.717, 1.165) is 60.6 Å². The number of H-pyrrole nitrogens is 1. The molecule has 0 unspecified atom stereocenters. The molecule has 2 N–H and O–H groups in total. The number of hydrogen-bond acceptors (Lipinski definition) is 6. The van der Waals surface area contributed by atoms with Crippen molar-refractivity contribution in [3.8, 4) is 5.75 Å². The molecule has 0 saturated heterocycles. The summed E-state index contributed by atoms with van der Waals surface area (Å²) in [6, 6.07) is 6.82. The number of aromatic amines is 1. The van der Waals surface area contributed by atoms with Crippen molar-refractivity contribution in [3.63, 3.8) is 0 Å². The molecule has 168 valence electrons. The van der Waals surface area contributed by atoms with Gasteiger partial charge in [0.15, 0.2) is 5.75 Å². The molecule has 2 heterocycles. The Morgan fingerprint density at radius 2 is 1.94 bits per heavy atom. The summed E-state index contributed by atoms with van der Waals surface area (Å²) in [6.45, 7) is 3.42. The minimum absolute atomic E-state index is 0.110. The summed E-state index contributed by atoms with van der Waals surface area (Å²) >= 11 is 0.882. The van der Waals surface area contributed by atoms with Crippen LogP contribution in [0.5, 0.6) is 5.75 Å². The van der Waals surface area contributed by atoms with E-state index >= 15 is 0 Å². The topological polar surface area (TPSA) is 84.3 Å². The summed E-state index contributed by atoms with van der Waals surface area (Å²) in [7, 11) is 0. The van der Waals surface area contributed by atoms with E-state index in [0.29, 0.717) is 17.7 Å². The lowest BCUT2D eigenvalue weighted by molar-refractivity contribution is -0.189. The van der Waals surface area contributed by atoms with E-state index in [1.165, 1.54) is 6.07 Å². The molecule has 0 amide bonds. The highest BCUT2D eigenvalue weighted by atomic mass is 32.1. The van der Waals surface area contributed by atoms with E-state index in [4.69, 9.17) is 4.42 Å². The van der Waals surface area contributed by atoms with Gasteiger partial charge in [-0.2, -0.15) is 13.2 Å². The number of ether oxygens (including phenoxy) is 1. The number of nitrogens with one attached hydrogen (secondary N) is 2. The minimum atomic E-state index is -5.11. The largest absolute Gasteiger partial charge is 0.491 e. The molecule has 10 heteroatoms. The van der Waals surface area contributed by atoms with Gasteiger partial charge in [0.2, 0.25) is 0 Å². The van der Waals surface area contributed by atoms with Crippen molar-refractivity contribution in [3.05, 3.63) is 51.0 Å². The van der Waals surface area contributed by atoms with E-state index in [-0.39, 0.29) is 11.3 Å². The highest BCUT2D eigenvalue weighted by Gasteiger charge is 2.41. The number of benzene rings is 1. The van der Waals surface area contributed by atoms with Crippen molar-refractivity contribution in [2.45, 2.75) is 45.2 Å². The average molecular weight is 456 g/mol. The number of alkyl halides is 3. The van der Waals surface area contributed by atoms with Crippen LogP contribution in [0.25, 0.3) is 10.2 Å². The number of fused-ring (bicyclic) bond motifs is 1. The van der Waals surface area contributed by atoms with Gasteiger partial charge in [-0.3, -0.25) is 4.79 Å². The van der Waals surface area contributed by atoms with Gasteiger partial charge < -0.3 is 19.5 Å². The normalized spacial score (nSPS) is 11.9. The fourth-order valence-corrected chi connectivity index (χ4v) is 4.09. The quantitative estimate of drug-likeness (QED) is 0.267. The first-order chi connectivity index (χ1) is 14.7. The predicted octanol–water partition coefficient (Wildman–Crippen LogP) is 4.50. The second kappa shape index (κ2) is 10.1. The first kappa shape index (κ1) is 23.1. The molecule has 1 aromatic carbocycles. The highest BCUT2D eigenvalue weighted by Crippen LogP contribution is 2.30.